The smallest absolute Gasteiger partial charge is 0.342 e. The lowest BCUT2D eigenvalue weighted by molar-refractivity contribution is -0.162. The van der Waals surface area contributed by atoms with E-state index in [1.165, 1.54) is 24.3 Å². The van der Waals surface area contributed by atoms with Crippen LogP contribution >= 0.6 is 15.9 Å². The molecule has 0 saturated carbocycles. The van der Waals surface area contributed by atoms with Crippen molar-refractivity contribution >= 4 is 21.8 Å². The number of benzene rings is 1. The molecule has 0 aliphatic heterocycles. The highest BCUT2D eigenvalue weighted by Gasteiger charge is 2.44. The molecule has 25 heavy (non-hydrogen) atoms. The van der Waals surface area contributed by atoms with Gasteiger partial charge in [-0.3, -0.25) is 10.1 Å². The van der Waals surface area contributed by atoms with Gasteiger partial charge in [0.2, 0.25) is 11.8 Å². The molecule has 0 bridgehead atoms. The summed E-state index contributed by atoms with van der Waals surface area (Å²) in [4.78, 5) is 11.9. The first-order valence-corrected chi connectivity index (χ1v) is 7.84. The number of nitriles is 1. The van der Waals surface area contributed by atoms with Crippen LogP contribution in [0.5, 0.6) is 0 Å². The van der Waals surface area contributed by atoms with Crippen LogP contribution in [0, 0.1) is 11.3 Å². The number of carbonyl (C=O) groups excluding carboxylic acids is 1. The Morgan fingerprint density at radius 2 is 1.80 bits per heavy atom. The maximum atomic E-state index is 13.4. The zero-order valence-electron chi connectivity index (χ0n) is 13.0. The van der Waals surface area contributed by atoms with E-state index < -0.39 is 43.1 Å². The van der Waals surface area contributed by atoms with Gasteiger partial charge in [-0.1, -0.05) is 28.1 Å². The Hall–Kier alpha value is -1.73. The Morgan fingerprint density at radius 1 is 1.24 bits per heavy atom. The molecule has 2 atom stereocenters. The number of halogens is 6. The molecule has 0 heterocycles. The minimum Gasteiger partial charge on any atom is -0.342 e. The van der Waals surface area contributed by atoms with Gasteiger partial charge in [-0.2, -0.15) is 18.4 Å². The predicted octanol–water partition coefficient (Wildman–Crippen LogP) is 3.70. The summed E-state index contributed by atoms with van der Waals surface area (Å²) in [5, 5.41) is 12.4. The van der Waals surface area contributed by atoms with Gasteiger partial charge in [0.05, 0.1) is 12.1 Å². The molecule has 1 aromatic carbocycles. The highest BCUT2D eigenvalue weighted by Crippen LogP contribution is 2.34. The van der Waals surface area contributed by atoms with Gasteiger partial charge in [0, 0.05) is 10.9 Å². The SMILES string of the molecule is CC(F)(F)C[C@H](N[C@@H](c1ccc(Br)cc1)C(F)(F)F)C(=O)NCC#N. The molecular formula is C15H15BrF5N3O. The molecule has 10 heteroatoms. The van der Waals surface area contributed by atoms with Crippen molar-refractivity contribution in [3.8, 4) is 6.07 Å². The van der Waals surface area contributed by atoms with Crippen LogP contribution in [0.1, 0.15) is 24.9 Å². The lowest BCUT2D eigenvalue weighted by Gasteiger charge is -2.28. The van der Waals surface area contributed by atoms with E-state index in [4.69, 9.17) is 5.26 Å². The number of nitrogens with one attached hydrogen (secondary N) is 2. The fourth-order valence-corrected chi connectivity index (χ4v) is 2.34. The molecule has 1 aromatic rings. The van der Waals surface area contributed by atoms with Crippen LogP contribution in [0.2, 0.25) is 0 Å². The second-order valence-corrected chi connectivity index (χ2v) is 6.31. The maximum Gasteiger partial charge on any atom is 0.407 e. The standard InChI is InChI=1S/C15H15BrF5N3O/c1-14(17,18)8-11(13(25)23-7-6-22)24-12(15(19,20)21)9-2-4-10(16)5-3-9/h2-5,11-12,24H,7-8H2,1H3,(H,23,25)/t11-,12-/m0/s1. The second-order valence-electron chi connectivity index (χ2n) is 5.40. The number of rotatable bonds is 7. The van der Waals surface area contributed by atoms with Crippen molar-refractivity contribution in [3.05, 3.63) is 34.3 Å². The Labute approximate surface area is 149 Å². The molecule has 0 aromatic heterocycles. The van der Waals surface area contributed by atoms with Gasteiger partial charge in [-0.25, -0.2) is 8.78 Å². The second kappa shape index (κ2) is 8.58. The first-order valence-electron chi connectivity index (χ1n) is 7.05. The molecule has 1 rings (SSSR count). The van der Waals surface area contributed by atoms with Crippen molar-refractivity contribution in [2.75, 3.05) is 6.54 Å². The van der Waals surface area contributed by atoms with Crippen molar-refractivity contribution < 1.29 is 26.7 Å². The molecule has 0 spiro atoms. The van der Waals surface area contributed by atoms with Crippen molar-refractivity contribution in [1.29, 1.82) is 5.26 Å². The van der Waals surface area contributed by atoms with Gasteiger partial charge in [0.25, 0.3) is 0 Å². The van der Waals surface area contributed by atoms with E-state index in [-0.39, 0.29) is 5.56 Å². The Bertz CT molecular complexity index is 622. The van der Waals surface area contributed by atoms with Crippen LogP contribution in [-0.4, -0.2) is 30.6 Å². The third kappa shape index (κ3) is 7.36. The number of hydrogen-bond donors (Lipinski definition) is 2. The molecule has 0 aliphatic carbocycles. The molecule has 0 saturated heterocycles. The van der Waals surface area contributed by atoms with Gasteiger partial charge in [0.15, 0.2) is 0 Å². The predicted molar refractivity (Wildman–Crippen MR) is 83.7 cm³/mol. The minimum absolute atomic E-state index is 0.229. The maximum absolute atomic E-state index is 13.4. The van der Waals surface area contributed by atoms with Crippen LogP contribution in [0.15, 0.2) is 28.7 Å². The van der Waals surface area contributed by atoms with Crippen LogP contribution in [0.3, 0.4) is 0 Å². The van der Waals surface area contributed by atoms with Gasteiger partial charge in [-0.05, 0) is 24.6 Å². The third-order valence-electron chi connectivity index (χ3n) is 3.12. The first-order chi connectivity index (χ1) is 11.4. The largest absolute Gasteiger partial charge is 0.407 e. The molecule has 2 N–H and O–H groups in total. The van der Waals surface area contributed by atoms with Gasteiger partial charge in [0.1, 0.15) is 12.6 Å². The number of hydrogen-bond acceptors (Lipinski definition) is 3. The lowest BCUT2D eigenvalue weighted by atomic mass is 10.0. The summed E-state index contributed by atoms with van der Waals surface area (Å²) in [6, 6.07) is 2.49. The Kier molecular flexibility index (Phi) is 7.31. The highest BCUT2D eigenvalue weighted by atomic mass is 79.9. The lowest BCUT2D eigenvalue weighted by Crippen LogP contribution is -2.50. The Balaban J connectivity index is 3.11. The van der Waals surface area contributed by atoms with E-state index in [9.17, 15) is 26.7 Å². The van der Waals surface area contributed by atoms with Crippen LogP contribution in [0.25, 0.3) is 0 Å². The van der Waals surface area contributed by atoms with Crippen molar-refractivity contribution in [2.24, 2.45) is 0 Å². The molecule has 0 radical (unpaired) electrons. The third-order valence-corrected chi connectivity index (χ3v) is 3.65. The highest BCUT2D eigenvalue weighted by molar-refractivity contribution is 9.10. The molecule has 138 valence electrons. The summed E-state index contributed by atoms with van der Waals surface area (Å²) in [5.41, 5.74) is -0.229. The molecule has 0 unspecified atom stereocenters. The fourth-order valence-electron chi connectivity index (χ4n) is 2.07. The zero-order valence-corrected chi connectivity index (χ0v) is 14.6. The topological polar surface area (TPSA) is 64.9 Å². The quantitative estimate of drug-likeness (QED) is 0.515. The summed E-state index contributed by atoms with van der Waals surface area (Å²) < 4.78 is 67.2. The van der Waals surface area contributed by atoms with Crippen molar-refractivity contribution in [1.82, 2.24) is 10.6 Å². The number of amides is 1. The van der Waals surface area contributed by atoms with E-state index in [0.717, 1.165) is 0 Å². The molecule has 1 amide bonds. The monoisotopic (exact) mass is 427 g/mol. The van der Waals surface area contributed by atoms with Crippen LogP contribution in [-0.2, 0) is 4.79 Å². The zero-order chi connectivity index (χ0) is 19.3. The average Bonchev–Trinajstić information content (AvgIpc) is 2.47. The van der Waals surface area contributed by atoms with Crippen LogP contribution in [0.4, 0.5) is 22.0 Å². The van der Waals surface area contributed by atoms with Gasteiger partial charge < -0.3 is 5.32 Å². The Morgan fingerprint density at radius 3 is 2.24 bits per heavy atom. The van der Waals surface area contributed by atoms with E-state index in [2.05, 4.69) is 15.9 Å². The van der Waals surface area contributed by atoms with Gasteiger partial charge >= 0.3 is 6.18 Å². The number of alkyl halides is 5. The summed E-state index contributed by atoms with van der Waals surface area (Å²) in [6.07, 6.45) is -5.96. The summed E-state index contributed by atoms with van der Waals surface area (Å²) in [5.74, 6) is -4.48. The van der Waals surface area contributed by atoms with E-state index in [1.807, 2.05) is 10.6 Å². The summed E-state index contributed by atoms with van der Waals surface area (Å²) >= 11 is 3.09. The average molecular weight is 428 g/mol. The van der Waals surface area contributed by atoms with E-state index in [1.54, 1.807) is 6.07 Å². The summed E-state index contributed by atoms with van der Waals surface area (Å²) in [6.45, 7) is 0.00272. The van der Waals surface area contributed by atoms with Crippen molar-refractivity contribution in [2.45, 2.75) is 37.5 Å². The normalized spacial score (nSPS) is 14.5. The number of nitrogens with zero attached hydrogens (tertiary/aromatic N) is 1. The van der Waals surface area contributed by atoms with Crippen molar-refractivity contribution in [3.63, 3.8) is 0 Å². The molecule has 4 nitrogen and oxygen atoms in total. The molecular weight excluding hydrogens is 413 g/mol. The molecule has 0 aliphatic rings. The fraction of sp³-hybridized carbons (Fsp3) is 0.467. The summed E-state index contributed by atoms with van der Waals surface area (Å²) in [7, 11) is 0. The minimum atomic E-state index is -4.81. The van der Waals surface area contributed by atoms with Crippen LogP contribution < -0.4 is 10.6 Å². The first kappa shape index (κ1) is 21.3. The van der Waals surface area contributed by atoms with Gasteiger partial charge in [-0.15, -0.1) is 0 Å². The van der Waals surface area contributed by atoms with E-state index >= 15 is 0 Å². The van der Waals surface area contributed by atoms with E-state index in [0.29, 0.717) is 11.4 Å². The number of carbonyl (C=O) groups is 1. The molecule has 0 fully saturated rings.